The highest BCUT2D eigenvalue weighted by atomic mass is 14.9. The van der Waals surface area contributed by atoms with E-state index in [0.717, 1.165) is 12.8 Å². The van der Waals surface area contributed by atoms with Gasteiger partial charge in [0, 0.05) is 36.0 Å². The first-order valence-electron chi connectivity index (χ1n) is 6.68. The zero-order valence-corrected chi connectivity index (χ0v) is 10.8. The van der Waals surface area contributed by atoms with Gasteiger partial charge in [0.25, 0.3) is 0 Å². The van der Waals surface area contributed by atoms with Crippen molar-refractivity contribution in [2.24, 2.45) is 7.05 Å². The van der Waals surface area contributed by atoms with Gasteiger partial charge in [-0.05, 0) is 24.5 Å². The molecule has 2 nitrogen and oxygen atoms in total. The summed E-state index contributed by atoms with van der Waals surface area (Å²) in [6.45, 7) is 0. The van der Waals surface area contributed by atoms with Gasteiger partial charge < -0.3 is 4.57 Å². The fourth-order valence-electron chi connectivity index (χ4n) is 3.51. The molecule has 18 heavy (non-hydrogen) atoms. The van der Waals surface area contributed by atoms with Crippen LogP contribution in [0.4, 0.5) is 0 Å². The maximum atomic E-state index is 9.18. The van der Waals surface area contributed by atoms with Crippen molar-refractivity contribution in [3.8, 4) is 6.07 Å². The quantitative estimate of drug-likeness (QED) is 0.780. The van der Waals surface area contributed by atoms with Crippen LogP contribution in [-0.2, 0) is 12.5 Å². The van der Waals surface area contributed by atoms with Crippen LogP contribution in [0, 0.1) is 11.3 Å². The summed E-state index contributed by atoms with van der Waals surface area (Å²) in [6.07, 6.45) is 7.73. The summed E-state index contributed by atoms with van der Waals surface area (Å²) < 4.78 is 2.20. The highest BCUT2D eigenvalue weighted by Gasteiger charge is 2.37. The van der Waals surface area contributed by atoms with Crippen molar-refractivity contribution >= 4 is 10.9 Å². The summed E-state index contributed by atoms with van der Waals surface area (Å²) in [7, 11) is 2.10. The Morgan fingerprint density at radius 1 is 1.28 bits per heavy atom. The molecule has 1 aromatic carbocycles. The van der Waals surface area contributed by atoms with Gasteiger partial charge in [-0.25, -0.2) is 0 Å². The Morgan fingerprint density at radius 3 is 2.72 bits per heavy atom. The van der Waals surface area contributed by atoms with E-state index in [1.54, 1.807) is 0 Å². The molecule has 0 N–H and O–H groups in total. The van der Waals surface area contributed by atoms with E-state index in [1.165, 1.54) is 29.3 Å². The molecule has 0 saturated heterocycles. The van der Waals surface area contributed by atoms with Crippen LogP contribution >= 0.6 is 0 Å². The van der Waals surface area contributed by atoms with Crippen LogP contribution in [0.5, 0.6) is 0 Å². The van der Waals surface area contributed by atoms with Crippen LogP contribution in [-0.4, -0.2) is 4.57 Å². The Balaban J connectivity index is 2.21. The number of rotatable bonds is 2. The average molecular weight is 238 g/mol. The molecule has 1 saturated carbocycles. The van der Waals surface area contributed by atoms with E-state index in [4.69, 9.17) is 0 Å². The minimum atomic E-state index is 0.107. The largest absolute Gasteiger partial charge is 0.350 e. The molecule has 0 bridgehead atoms. The SMILES string of the molecule is Cn1cc(C2(CC#N)CCCC2)c2ccccc21. The molecular weight excluding hydrogens is 220 g/mol. The Morgan fingerprint density at radius 2 is 2.00 bits per heavy atom. The Bertz CT molecular complexity index is 610. The molecule has 1 aliphatic rings. The third-order valence-electron chi connectivity index (χ3n) is 4.45. The second kappa shape index (κ2) is 4.17. The zero-order chi connectivity index (χ0) is 12.6. The van der Waals surface area contributed by atoms with Crippen molar-refractivity contribution < 1.29 is 0 Å². The first kappa shape index (κ1) is 11.3. The smallest absolute Gasteiger partial charge is 0.0631 e. The molecule has 3 rings (SSSR count). The number of fused-ring (bicyclic) bond motifs is 1. The first-order valence-corrected chi connectivity index (χ1v) is 6.68. The van der Waals surface area contributed by atoms with Crippen molar-refractivity contribution in [3.05, 3.63) is 36.0 Å². The van der Waals surface area contributed by atoms with Gasteiger partial charge in [-0.3, -0.25) is 0 Å². The molecule has 1 heterocycles. The predicted molar refractivity (Wildman–Crippen MR) is 73.3 cm³/mol. The van der Waals surface area contributed by atoms with Gasteiger partial charge >= 0.3 is 0 Å². The molecule has 2 heteroatoms. The standard InChI is InChI=1S/C16H18N2/c1-18-12-14(13-6-2-3-7-15(13)18)16(10-11-17)8-4-5-9-16/h2-3,6-7,12H,4-5,8-10H2,1H3. The molecular formula is C16H18N2. The van der Waals surface area contributed by atoms with Crippen molar-refractivity contribution in [2.75, 3.05) is 0 Å². The van der Waals surface area contributed by atoms with Gasteiger partial charge in [0.05, 0.1) is 6.07 Å². The molecule has 0 radical (unpaired) electrons. The van der Waals surface area contributed by atoms with Crippen LogP contribution in [0.2, 0.25) is 0 Å². The number of para-hydroxylation sites is 1. The van der Waals surface area contributed by atoms with E-state index in [1.807, 2.05) is 0 Å². The van der Waals surface area contributed by atoms with E-state index >= 15 is 0 Å². The number of benzene rings is 1. The summed E-state index contributed by atoms with van der Waals surface area (Å²) in [5, 5.41) is 10.5. The summed E-state index contributed by atoms with van der Waals surface area (Å²) >= 11 is 0. The molecule has 92 valence electrons. The summed E-state index contributed by atoms with van der Waals surface area (Å²) in [6, 6.07) is 10.9. The minimum absolute atomic E-state index is 0.107. The molecule has 1 aliphatic carbocycles. The van der Waals surface area contributed by atoms with Gasteiger partial charge in [0.1, 0.15) is 0 Å². The average Bonchev–Trinajstić information content (AvgIpc) is 2.97. The van der Waals surface area contributed by atoms with E-state index in [-0.39, 0.29) is 5.41 Å². The number of nitrogens with zero attached hydrogens (tertiary/aromatic N) is 2. The van der Waals surface area contributed by atoms with Gasteiger partial charge in [0.15, 0.2) is 0 Å². The molecule has 0 unspecified atom stereocenters. The number of nitriles is 1. The first-order chi connectivity index (χ1) is 8.77. The number of aryl methyl sites for hydroxylation is 1. The molecule has 1 fully saturated rings. The molecule has 0 spiro atoms. The Hall–Kier alpha value is -1.75. The van der Waals surface area contributed by atoms with Crippen LogP contribution in [0.25, 0.3) is 10.9 Å². The van der Waals surface area contributed by atoms with Crippen molar-refractivity contribution in [3.63, 3.8) is 0 Å². The number of aromatic nitrogens is 1. The number of hydrogen-bond acceptors (Lipinski definition) is 1. The van der Waals surface area contributed by atoms with Crippen LogP contribution < -0.4 is 0 Å². The highest BCUT2D eigenvalue weighted by molar-refractivity contribution is 5.85. The van der Waals surface area contributed by atoms with Gasteiger partial charge in [-0.15, -0.1) is 0 Å². The van der Waals surface area contributed by atoms with E-state index < -0.39 is 0 Å². The third-order valence-corrected chi connectivity index (χ3v) is 4.45. The Labute approximate surface area is 108 Å². The van der Waals surface area contributed by atoms with Gasteiger partial charge in [-0.2, -0.15) is 5.26 Å². The third kappa shape index (κ3) is 1.54. The van der Waals surface area contributed by atoms with Gasteiger partial charge in [-0.1, -0.05) is 31.0 Å². The molecule has 0 amide bonds. The van der Waals surface area contributed by atoms with E-state index in [2.05, 4.69) is 48.1 Å². The molecule has 0 aliphatic heterocycles. The summed E-state index contributed by atoms with van der Waals surface area (Å²) in [5.74, 6) is 0. The molecule has 0 atom stereocenters. The second-order valence-corrected chi connectivity index (χ2v) is 5.49. The van der Waals surface area contributed by atoms with Crippen molar-refractivity contribution in [1.82, 2.24) is 4.57 Å². The zero-order valence-electron chi connectivity index (χ0n) is 10.8. The number of hydrogen-bond donors (Lipinski definition) is 0. The fraction of sp³-hybridized carbons (Fsp3) is 0.438. The lowest BCUT2D eigenvalue weighted by molar-refractivity contribution is 0.454. The highest BCUT2D eigenvalue weighted by Crippen LogP contribution is 2.46. The van der Waals surface area contributed by atoms with E-state index in [0.29, 0.717) is 6.42 Å². The van der Waals surface area contributed by atoms with Crippen molar-refractivity contribution in [1.29, 1.82) is 5.26 Å². The lowest BCUT2D eigenvalue weighted by Crippen LogP contribution is -2.20. The normalized spacial score (nSPS) is 18.0. The fourth-order valence-corrected chi connectivity index (χ4v) is 3.51. The van der Waals surface area contributed by atoms with Crippen LogP contribution in [0.15, 0.2) is 30.5 Å². The second-order valence-electron chi connectivity index (χ2n) is 5.49. The minimum Gasteiger partial charge on any atom is -0.350 e. The lowest BCUT2D eigenvalue weighted by atomic mass is 9.76. The van der Waals surface area contributed by atoms with Gasteiger partial charge in [0.2, 0.25) is 0 Å². The summed E-state index contributed by atoms with van der Waals surface area (Å²) in [5.41, 5.74) is 2.77. The topological polar surface area (TPSA) is 28.7 Å². The lowest BCUT2D eigenvalue weighted by Gasteiger charge is -2.25. The summed E-state index contributed by atoms with van der Waals surface area (Å²) in [4.78, 5) is 0. The van der Waals surface area contributed by atoms with Crippen LogP contribution in [0.3, 0.4) is 0 Å². The predicted octanol–water partition coefficient (Wildman–Crippen LogP) is 3.90. The molecule has 1 aromatic heterocycles. The van der Waals surface area contributed by atoms with E-state index in [9.17, 15) is 5.26 Å². The Kier molecular flexibility index (Phi) is 2.63. The molecule has 2 aromatic rings. The maximum absolute atomic E-state index is 9.18. The maximum Gasteiger partial charge on any atom is 0.0631 e. The monoisotopic (exact) mass is 238 g/mol. The van der Waals surface area contributed by atoms with Crippen molar-refractivity contribution in [2.45, 2.75) is 37.5 Å². The van der Waals surface area contributed by atoms with Crippen LogP contribution in [0.1, 0.15) is 37.7 Å².